The van der Waals surface area contributed by atoms with Gasteiger partial charge in [0.05, 0.1) is 17.9 Å². The van der Waals surface area contributed by atoms with E-state index in [4.69, 9.17) is 0 Å². The van der Waals surface area contributed by atoms with E-state index in [1.165, 1.54) is 44.9 Å². The van der Waals surface area contributed by atoms with Gasteiger partial charge in [-0.2, -0.15) is 8.42 Å². The van der Waals surface area contributed by atoms with Crippen LogP contribution < -0.4 is 5.32 Å². The predicted octanol–water partition coefficient (Wildman–Crippen LogP) is 10.5. The molecule has 0 aromatic carbocycles. The standard InChI is InChI=1S/C39H69NO5S/c1-3-5-7-9-11-13-15-16-17-18-19-20-21-22-23-24-25-27-29-31-33-35-39(42)40-37(36-46(43,44)45)38(41)34-32-30-28-26-14-12-10-8-6-4-2/h5,7,11,13,16-17,19-20,22-23,37-38,41H,3-4,6,8-10,12,14-15,18,21,24-36H2,1-2H3,(H,40,42)(H,43,44,45)/b7-5-,13-11-,17-16-,20-19-,23-22-. The van der Waals surface area contributed by atoms with Crippen LogP contribution in [0.4, 0.5) is 0 Å². The molecule has 0 rings (SSSR count). The van der Waals surface area contributed by atoms with E-state index >= 15 is 0 Å². The number of carbonyl (C=O) groups excluding carboxylic acids is 1. The molecule has 7 heteroatoms. The number of allylic oxidation sites excluding steroid dienone is 10. The zero-order chi connectivity index (χ0) is 34.0. The fourth-order valence-corrected chi connectivity index (χ4v) is 6.00. The van der Waals surface area contributed by atoms with Crippen LogP contribution in [-0.2, 0) is 14.9 Å². The highest BCUT2D eigenvalue weighted by Gasteiger charge is 2.26. The summed E-state index contributed by atoms with van der Waals surface area (Å²) in [5.74, 6) is -0.928. The van der Waals surface area contributed by atoms with Gasteiger partial charge in [-0.25, -0.2) is 0 Å². The lowest BCUT2D eigenvalue weighted by Gasteiger charge is -2.23. The van der Waals surface area contributed by atoms with E-state index < -0.39 is 28.0 Å². The molecule has 0 fully saturated rings. The highest BCUT2D eigenvalue weighted by atomic mass is 32.2. The van der Waals surface area contributed by atoms with Crippen LogP contribution in [0.3, 0.4) is 0 Å². The van der Waals surface area contributed by atoms with Crippen molar-refractivity contribution in [2.75, 3.05) is 5.75 Å². The van der Waals surface area contributed by atoms with Crippen LogP contribution >= 0.6 is 0 Å². The lowest BCUT2D eigenvalue weighted by atomic mass is 10.0. The van der Waals surface area contributed by atoms with E-state index in [0.29, 0.717) is 12.8 Å². The zero-order valence-corrected chi connectivity index (χ0v) is 30.2. The first-order valence-electron chi connectivity index (χ1n) is 18.5. The van der Waals surface area contributed by atoms with Crippen LogP contribution in [0.25, 0.3) is 0 Å². The molecule has 0 aliphatic heterocycles. The molecule has 1 amide bonds. The Balaban J connectivity index is 3.96. The van der Waals surface area contributed by atoms with Crippen LogP contribution in [0.1, 0.15) is 162 Å². The number of aliphatic hydroxyl groups excluding tert-OH is 1. The third kappa shape index (κ3) is 33.4. The quantitative estimate of drug-likeness (QED) is 0.0377. The van der Waals surface area contributed by atoms with Crippen molar-refractivity contribution in [2.45, 2.75) is 174 Å². The molecule has 0 radical (unpaired) electrons. The molecule has 0 saturated heterocycles. The van der Waals surface area contributed by atoms with Crippen molar-refractivity contribution in [3.63, 3.8) is 0 Å². The van der Waals surface area contributed by atoms with Crippen molar-refractivity contribution in [1.82, 2.24) is 5.32 Å². The van der Waals surface area contributed by atoms with Gasteiger partial charge in [0.15, 0.2) is 0 Å². The highest BCUT2D eigenvalue weighted by molar-refractivity contribution is 7.85. The minimum Gasteiger partial charge on any atom is -0.391 e. The third-order valence-electron chi connectivity index (χ3n) is 7.99. The SMILES string of the molecule is CC/C=C\C/C=C\C/C=C\C/C=C\C/C=C\CCCCCCCC(=O)NC(CS(=O)(=O)O)C(O)CCCCCCCCCCCC. The van der Waals surface area contributed by atoms with E-state index in [9.17, 15) is 22.9 Å². The Morgan fingerprint density at radius 1 is 0.609 bits per heavy atom. The average Bonchev–Trinajstić information content (AvgIpc) is 3.01. The molecule has 6 nitrogen and oxygen atoms in total. The van der Waals surface area contributed by atoms with E-state index in [1.807, 2.05) is 0 Å². The molecule has 0 aromatic rings. The maximum absolute atomic E-state index is 12.5. The molecule has 3 N–H and O–H groups in total. The van der Waals surface area contributed by atoms with E-state index in [0.717, 1.165) is 89.9 Å². The second kappa shape index (κ2) is 33.0. The predicted molar refractivity (Wildman–Crippen MR) is 198 cm³/mol. The Hall–Kier alpha value is -1.96. The molecule has 0 aromatic heterocycles. The van der Waals surface area contributed by atoms with Crippen LogP contribution in [0.5, 0.6) is 0 Å². The molecule has 0 spiro atoms. The number of nitrogens with one attached hydrogen (secondary N) is 1. The second-order valence-electron chi connectivity index (χ2n) is 12.5. The molecule has 0 aliphatic carbocycles. The van der Waals surface area contributed by atoms with Gasteiger partial charge >= 0.3 is 0 Å². The first kappa shape index (κ1) is 44.0. The molecule has 46 heavy (non-hydrogen) atoms. The van der Waals surface area contributed by atoms with Gasteiger partial charge in [0.2, 0.25) is 5.91 Å². The van der Waals surface area contributed by atoms with Gasteiger partial charge in [-0.15, -0.1) is 0 Å². The molecular formula is C39H69NO5S. The number of hydrogen-bond acceptors (Lipinski definition) is 4. The van der Waals surface area contributed by atoms with E-state index in [-0.39, 0.29) is 5.91 Å². The largest absolute Gasteiger partial charge is 0.391 e. The van der Waals surface area contributed by atoms with E-state index in [2.05, 4.69) is 79.9 Å². The minimum atomic E-state index is -4.31. The van der Waals surface area contributed by atoms with Crippen molar-refractivity contribution in [3.8, 4) is 0 Å². The van der Waals surface area contributed by atoms with Gasteiger partial charge in [-0.3, -0.25) is 9.35 Å². The summed E-state index contributed by atoms with van der Waals surface area (Å²) in [6, 6.07) is -0.982. The fourth-order valence-electron chi connectivity index (χ4n) is 5.24. The highest BCUT2D eigenvalue weighted by Crippen LogP contribution is 2.14. The van der Waals surface area contributed by atoms with Crippen LogP contribution in [0.2, 0.25) is 0 Å². The third-order valence-corrected chi connectivity index (χ3v) is 8.77. The normalized spacial score (nSPS) is 14.1. The molecule has 0 aliphatic rings. The summed E-state index contributed by atoms with van der Waals surface area (Å²) in [5, 5.41) is 13.3. The summed E-state index contributed by atoms with van der Waals surface area (Å²) < 4.78 is 32.4. The number of amides is 1. The Kier molecular flexibility index (Phi) is 31.6. The lowest BCUT2D eigenvalue weighted by Crippen LogP contribution is -2.47. The van der Waals surface area contributed by atoms with Crippen molar-refractivity contribution >= 4 is 16.0 Å². The molecule has 0 saturated carbocycles. The van der Waals surface area contributed by atoms with Gasteiger partial charge in [0.25, 0.3) is 10.1 Å². The Morgan fingerprint density at radius 2 is 1.04 bits per heavy atom. The van der Waals surface area contributed by atoms with E-state index in [1.54, 1.807) is 0 Å². The first-order valence-corrected chi connectivity index (χ1v) is 20.1. The van der Waals surface area contributed by atoms with Gasteiger partial charge < -0.3 is 10.4 Å². The van der Waals surface area contributed by atoms with Gasteiger partial charge in [0, 0.05) is 6.42 Å². The van der Waals surface area contributed by atoms with Crippen molar-refractivity contribution < 1.29 is 22.9 Å². The minimum absolute atomic E-state index is 0.269. The molecule has 266 valence electrons. The van der Waals surface area contributed by atoms with Crippen LogP contribution in [-0.4, -0.2) is 41.9 Å². The van der Waals surface area contributed by atoms with Gasteiger partial charge in [-0.1, -0.05) is 158 Å². The fraction of sp³-hybridized carbons (Fsp3) is 0.718. The topological polar surface area (TPSA) is 104 Å². The number of carbonyl (C=O) groups is 1. The van der Waals surface area contributed by atoms with Crippen LogP contribution in [0, 0.1) is 0 Å². The monoisotopic (exact) mass is 663 g/mol. The Bertz CT molecular complexity index is 951. The van der Waals surface area contributed by atoms with Gasteiger partial charge in [-0.05, 0) is 57.8 Å². The van der Waals surface area contributed by atoms with Crippen molar-refractivity contribution in [2.24, 2.45) is 0 Å². The molecule has 2 atom stereocenters. The maximum atomic E-state index is 12.5. The maximum Gasteiger partial charge on any atom is 0.266 e. The molecular weight excluding hydrogens is 594 g/mol. The Labute approximate surface area is 283 Å². The van der Waals surface area contributed by atoms with Crippen molar-refractivity contribution in [1.29, 1.82) is 0 Å². The number of aliphatic hydroxyl groups is 1. The Morgan fingerprint density at radius 3 is 1.54 bits per heavy atom. The smallest absolute Gasteiger partial charge is 0.266 e. The summed E-state index contributed by atoms with van der Waals surface area (Å²) >= 11 is 0. The number of hydrogen-bond donors (Lipinski definition) is 3. The summed E-state index contributed by atoms with van der Waals surface area (Å²) in [6.07, 6.45) is 44.5. The summed E-state index contributed by atoms with van der Waals surface area (Å²) in [6.45, 7) is 4.37. The number of unbranched alkanes of at least 4 members (excludes halogenated alkanes) is 14. The first-order chi connectivity index (χ1) is 22.3. The molecule has 0 heterocycles. The number of rotatable bonds is 32. The second-order valence-corrected chi connectivity index (χ2v) is 14.0. The average molecular weight is 664 g/mol. The van der Waals surface area contributed by atoms with Crippen LogP contribution in [0.15, 0.2) is 60.8 Å². The lowest BCUT2D eigenvalue weighted by molar-refractivity contribution is -0.122. The molecule has 0 bridgehead atoms. The summed E-state index contributed by atoms with van der Waals surface area (Å²) in [4.78, 5) is 12.5. The summed E-state index contributed by atoms with van der Waals surface area (Å²) in [5.41, 5.74) is 0. The summed E-state index contributed by atoms with van der Waals surface area (Å²) in [7, 11) is -4.31. The molecule has 2 unspecified atom stereocenters. The van der Waals surface area contributed by atoms with Gasteiger partial charge in [0.1, 0.15) is 0 Å². The van der Waals surface area contributed by atoms with Crippen molar-refractivity contribution in [3.05, 3.63) is 60.8 Å². The zero-order valence-electron chi connectivity index (χ0n) is 29.4.